The average molecular weight is 491 g/mol. The van der Waals surface area contributed by atoms with Gasteiger partial charge in [-0.15, -0.1) is 0 Å². The Bertz CT molecular complexity index is 1440. The molecule has 0 aliphatic heterocycles. The van der Waals surface area contributed by atoms with Gasteiger partial charge in [-0.3, -0.25) is 9.59 Å². The highest BCUT2D eigenvalue weighted by atomic mass is 32.1. The zero-order valence-corrected chi connectivity index (χ0v) is 19.7. The SMILES string of the molecule is CCOc1ccc(C(=O)Nc2ccc(C(=O)OCc3cc(=O)n4nc(C5CC5)sc4n3)cc2)cc1. The van der Waals surface area contributed by atoms with Crippen LogP contribution < -0.4 is 15.6 Å². The Morgan fingerprint density at radius 2 is 1.80 bits per heavy atom. The van der Waals surface area contributed by atoms with Gasteiger partial charge in [-0.2, -0.15) is 9.61 Å². The number of benzene rings is 2. The van der Waals surface area contributed by atoms with Gasteiger partial charge in [-0.25, -0.2) is 9.78 Å². The normalized spacial score (nSPS) is 12.9. The predicted molar refractivity (Wildman–Crippen MR) is 130 cm³/mol. The van der Waals surface area contributed by atoms with E-state index in [0.29, 0.717) is 45.7 Å². The Balaban J connectivity index is 1.19. The lowest BCUT2D eigenvalue weighted by molar-refractivity contribution is 0.0467. The maximum Gasteiger partial charge on any atom is 0.338 e. The van der Waals surface area contributed by atoms with E-state index >= 15 is 0 Å². The third kappa shape index (κ3) is 5.22. The molecule has 0 radical (unpaired) electrons. The fourth-order valence-corrected chi connectivity index (χ4v) is 4.52. The summed E-state index contributed by atoms with van der Waals surface area (Å²) in [7, 11) is 0. The second-order valence-corrected chi connectivity index (χ2v) is 9.05. The molecule has 2 heterocycles. The molecule has 1 saturated carbocycles. The molecular formula is C25H22N4O5S. The van der Waals surface area contributed by atoms with Gasteiger partial charge < -0.3 is 14.8 Å². The van der Waals surface area contributed by atoms with Crippen LogP contribution in [0.4, 0.5) is 5.69 Å². The molecular weight excluding hydrogens is 468 g/mol. The van der Waals surface area contributed by atoms with Crippen LogP contribution in [0.1, 0.15) is 57.1 Å². The molecule has 0 atom stereocenters. The predicted octanol–water partition coefficient (Wildman–Crippen LogP) is 4.04. The third-order valence-corrected chi connectivity index (χ3v) is 6.47. The number of anilines is 1. The van der Waals surface area contributed by atoms with Gasteiger partial charge in [-0.05, 0) is 68.3 Å². The van der Waals surface area contributed by atoms with Gasteiger partial charge in [0.15, 0.2) is 0 Å². The quantitative estimate of drug-likeness (QED) is 0.371. The number of rotatable bonds is 8. The molecule has 0 bridgehead atoms. The number of aromatic nitrogens is 3. The molecule has 1 aliphatic carbocycles. The Morgan fingerprint density at radius 1 is 1.09 bits per heavy atom. The lowest BCUT2D eigenvalue weighted by Gasteiger charge is -2.08. The van der Waals surface area contributed by atoms with E-state index in [1.54, 1.807) is 48.5 Å². The van der Waals surface area contributed by atoms with Gasteiger partial charge in [-0.1, -0.05) is 11.3 Å². The van der Waals surface area contributed by atoms with Crippen molar-refractivity contribution >= 4 is 33.9 Å². The van der Waals surface area contributed by atoms with E-state index in [1.165, 1.54) is 21.9 Å². The van der Waals surface area contributed by atoms with E-state index in [0.717, 1.165) is 17.8 Å². The molecule has 0 spiro atoms. The Kier molecular flexibility index (Phi) is 6.28. The molecule has 4 aromatic rings. The standard InChI is InChI=1S/C25H22N4O5S/c1-2-33-20-11-7-15(8-12-20)22(31)26-18-9-5-17(6-10-18)24(32)34-14-19-13-21(30)29-25(27-19)35-23(28-29)16-3-4-16/h5-13,16H,2-4,14H2,1H3,(H,26,31). The van der Waals surface area contributed by atoms with E-state index in [4.69, 9.17) is 9.47 Å². The van der Waals surface area contributed by atoms with Crippen molar-refractivity contribution in [3.8, 4) is 5.75 Å². The summed E-state index contributed by atoms with van der Waals surface area (Å²) in [4.78, 5) is 42.1. The van der Waals surface area contributed by atoms with Gasteiger partial charge in [0.1, 0.15) is 17.4 Å². The fourth-order valence-electron chi connectivity index (χ4n) is 3.43. The minimum atomic E-state index is -0.556. The van der Waals surface area contributed by atoms with Crippen LogP contribution in [0.3, 0.4) is 0 Å². The van der Waals surface area contributed by atoms with E-state index < -0.39 is 5.97 Å². The Morgan fingerprint density at radius 3 is 2.49 bits per heavy atom. The smallest absolute Gasteiger partial charge is 0.338 e. The third-order valence-electron chi connectivity index (χ3n) is 5.40. The van der Waals surface area contributed by atoms with Crippen molar-refractivity contribution in [1.29, 1.82) is 0 Å². The first kappa shape index (κ1) is 22.7. The van der Waals surface area contributed by atoms with Gasteiger partial charge in [0.25, 0.3) is 11.5 Å². The molecule has 0 unspecified atom stereocenters. The van der Waals surface area contributed by atoms with Crippen molar-refractivity contribution in [2.75, 3.05) is 11.9 Å². The monoisotopic (exact) mass is 490 g/mol. The van der Waals surface area contributed by atoms with Crippen molar-refractivity contribution in [3.05, 3.63) is 86.8 Å². The Labute approximate surface area is 204 Å². The Hall–Kier alpha value is -4.05. The molecule has 1 fully saturated rings. The summed E-state index contributed by atoms with van der Waals surface area (Å²) in [5, 5.41) is 8.04. The van der Waals surface area contributed by atoms with Gasteiger partial charge in [0, 0.05) is 23.2 Å². The summed E-state index contributed by atoms with van der Waals surface area (Å²) in [6, 6.07) is 14.5. The second kappa shape index (κ2) is 9.67. The highest BCUT2D eigenvalue weighted by Crippen LogP contribution is 2.41. The summed E-state index contributed by atoms with van der Waals surface area (Å²) >= 11 is 1.39. The van der Waals surface area contributed by atoms with Crippen LogP contribution in [0, 0.1) is 0 Å². The van der Waals surface area contributed by atoms with Crippen LogP contribution in [-0.4, -0.2) is 33.1 Å². The largest absolute Gasteiger partial charge is 0.494 e. The van der Waals surface area contributed by atoms with E-state index in [1.807, 2.05) is 6.92 Å². The van der Waals surface area contributed by atoms with Crippen molar-refractivity contribution < 1.29 is 19.1 Å². The molecule has 1 amide bonds. The van der Waals surface area contributed by atoms with Crippen molar-refractivity contribution in [1.82, 2.24) is 14.6 Å². The molecule has 178 valence electrons. The minimum absolute atomic E-state index is 0.128. The number of fused-ring (bicyclic) bond motifs is 1. The number of carbonyl (C=O) groups excluding carboxylic acids is 2. The van der Waals surface area contributed by atoms with Crippen LogP contribution in [-0.2, 0) is 11.3 Å². The van der Waals surface area contributed by atoms with Crippen molar-refractivity contribution in [2.24, 2.45) is 0 Å². The minimum Gasteiger partial charge on any atom is -0.494 e. The van der Waals surface area contributed by atoms with Gasteiger partial charge in [0.05, 0.1) is 17.9 Å². The lowest BCUT2D eigenvalue weighted by atomic mass is 10.1. The van der Waals surface area contributed by atoms with Crippen LogP contribution in [0.5, 0.6) is 5.75 Å². The molecule has 1 aliphatic rings. The number of hydrogen-bond donors (Lipinski definition) is 1. The van der Waals surface area contributed by atoms with Crippen LogP contribution in [0.25, 0.3) is 4.96 Å². The molecule has 2 aromatic heterocycles. The first-order valence-corrected chi connectivity index (χ1v) is 12.0. The summed E-state index contributed by atoms with van der Waals surface area (Å²) in [5.41, 5.74) is 1.42. The molecule has 0 saturated heterocycles. The number of amides is 1. The van der Waals surface area contributed by atoms with Crippen LogP contribution in [0.2, 0.25) is 0 Å². The average Bonchev–Trinajstić information content (AvgIpc) is 3.62. The number of esters is 1. The summed E-state index contributed by atoms with van der Waals surface area (Å²) in [5.74, 6) is 0.293. The van der Waals surface area contributed by atoms with Crippen molar-refractivity contribution in [2.45, 2.75) is 32.3 Å². The first-order valence-electron chi connectivity index (χ1n) is 11.2. The number of carbonyl (C=O) groups is 2. The number of hydrogen-bond acceptors (Lipinski definition) is 8. The molecule has 1 N–H and O–H groups in total. The zero-order chi connectivity index (χ0) is 24.4. The van der Waals surface area contributed by atoms with Crippen molar-refractivity contribution in [3.63, 3.8) is 0 Å². The van der Waals surface area contributed by atoms with Gasteiger partial charge >= 0.3 is 5.97 Å². The fraction of sp³-hybridized carbons (Fsp3) is 0.240. The maximum absolute atomic E-state index is 12.5. The van der Waals surface area contributed by atoms with E-state index in [9.17, 15) is 14.4 Å². The summed E-state index contributed by atoms with van der Waals surface area (Å²) in [6.07, 6.45) is 2.17. The highest BCUT2D eigenvalue weighted by Gasteiger charge is 2.28. The lowest BCUT2D eigenvalue weighted by Crippen LogP contribution is -2.16. The van der Waals surface area contributed by atoms with E-state index in [-0.39, 0.29) is 18.1 Å². The maximum atomic E-state index is 12.5. The van der Waals surface area contributed by atoms with Crippen LogP contribution in [0.15, 0.2) is 59.4 Å². The summed E-state index contributed by atoms with van der Waals surface area (Å²) in [6.45, 7) is 2.32. The first-order chi connectivity index (χ1) is 17.0. The topological polar surface area (TPSA) is 112 Å². The summed E-state index contributed by atoms with van der Waals surface area (Å²) < 4.78 is 12.0. The molecule has 10 heteroatoms. The van der Waals surface area contributed by atoms with E-state index in [2.05, 4.69) is 15.4 Å². The van der Waals surface area contributed by atoms with Gasteiger partial charge in [0.2, 0.25) is 4.96 Å². The van der Waals surface area contributed by atoms with Crippen LogP contribution >= 0.6 is 11.3 Å². The molecule has 9 nitrogen and oxygen atoms in total. The number of ether oxygens (including phenoxy) is 2. The number of nitrogens with zero attached hydrogens (tertiary/aromatic N) is 3. The zero-order valence-electron chi connectivity index (χ0n) is 18.9. The molecule has 2 aromatic carbocycles. The second-order valence-electron chi connectivity index (χ2n) is 8.06. The number of nitrogens with one attached hydrogen (secondary N) is 1. The highest BCUT2D eigenvalue weighted by molar-refractivity contribution is 7.16. The molecule has 5 rings (SSSR count). The molecule has 35 heavy (non-hydrogen) atoms.